The van der Waals surface area contributed by atoms with Gasteiger partial charge in [0.25, 0.3) is 11.4 Å². The van der Waals surface area contributed by atoms with Gasteiger partial charge in [-0.05, 0) is 283 Å². The first-order valence-electron chi connectivity index (χ1n) is 37.5. The third-order valence-corrected chi connectivity index (χ3v) is 21.7. The zero-order valence-corrected chi connectivity index (χ0v) is 76.6. The molecule has 0 saturated carbocycles. The summed E-state index contributed by atoms with van der Waals surface area (Å²) in [5.41, 5.74) is 20.3. The maximum Gasteiger partial charge on any atom is 0.416 e. The number of ether oxygens (including phenoxy) is 1. The maximum absolute atomic E-state index is 12.4. The van der Waals surface area contributed by atoms with Gasteiger partial charge in [0.05, 0.1) is 28.1 Å². The molecule has 0 spiro atoms. The van der Waals surface area contributed by atoms with Gasteiger partial charge in [-0.25, -0.2) is 0 Å². The molecule has 10 aromatic carbocycles. The molecule has 0 unspecified atom stereocenters. The number of nitrogens with zero attached hydrogens (tertiary/aromatic N) is 2. The van der Waals surface area contributed by atoms with Gasteiger partial charge in [0.15, 0.2) is 0 Å². The summed E-state index contributed by atoms with van der Waals surface area (Å²) in [6, 6.07) is 55.5. The van der Waals surface area contributed by atoms with Crippen molar-refractivity contribution in [2.45, 2.75) is 289 Å². The molecule has 0 atom stereocenters. The summed E-state index contributed by atoms with van der Waals surface area (Å²) in [6.45, 7) is 39.5. The fraction of sp³-hybridized carbons (Fsp3) is 0.417. The lowest BCUT2D eigenvalue weighted by molar-refractivity contribution is -0.385. The van der Waals surface area contributed by atoms with E-state index >= 15 is 0 Å². The minimum absolute atomic E-state index is 0. The van der Waals surface area contributed by atoms with Crippen molar-refractivity contribution in [3.8, 4) is 5.75 Å². The van der Waals surface area contributed by atoms with Crippen molar-refractivity contribution in [1.82, 2.24) is 0 Å². The largest absolute Gasteiger partial charge is 0.496 e. The van der Waals surface area contributed by atoms with E-state index in [4.69, 9.17) is 27.9 Å². The average molecular weight is 2000 g/mol. The van der Waals surface area contributed by atoms with Crippen LogP contribution in [0.3, 0.4) is 0 Å². The first-order chi connectivity index (χ1) is 52.6. The number of alkyl halides is 6. The van der Waals surface area contributed by atoms with E-state index in [1.807, 2.05) is 71.9 Å². The third kappa shape index (κ3) is 50.1. The van der Waals surface area contributed by atoms with Crippen molar-refractivity contribution >= 4 is 98.3 Å². The maximum atomic E-state index is 12.4. The Morgan fingerprint density at radius 3 is 1.02 bits per heavy atom. The van der Waals surface area contributed by atoms with Gasteiger partial charge < -0.3 is 4.74 Å². The predicted molar refractivity (Wildman–Crippen MR) is 544 cm³/mol. The quantitative estimate of drug-likeness (QED) is 0.0651. The van der Waals surface area contributed by atoms with E-state index < -0.39 is 23.5 Å². The van der Waals surface area contributed by atoms with Crippen molar-refractivity contribution in [3.05, 3.63) is 346 Å². The molecule has 0 aromatic heterocycles. The molecular weight excluding hydrogens is 1850 g/mol. The Labute approximate surface area is 781 Å². The second-order valence-electron chi connectivity index (χ2n) is 26.5. The standard InChI is InChI=1S/2C10H11F3.C10H14O.C9H10Br2.2C9H11Br.2C9H11Cl.2C9H11NO2.10CH4/c1-3-8-5-4-7(2)9(6-8)10(11,12)13;1-3-8-5-4-7(2)6-9(8)10(11,12)13;1-4-9-6-5-8(2)7-10(9)11-3;1-3-7-4-8(10)6(2)9(11)5-7;1-3-8-5-4-7(2)9(10)6-8;1-3-8-5-4-7(2)6-9(8)10;1-3-8-5-4-7(2)9(10)6-8;1-3-8-5-4-7(2)6-9(8)10;1-3-8-5-4-7(2)9(6-8)10(11)12;1-3-8-5-4-7(2)6-9(8)10(11)12;;;;;;;;;;/h2*4-6H,3H2,1-2H3;5-7H,4H2,1-3H3;4-5H,3H2,1-2H3;4*4-6H,3H2,1-2H3;2*4-6H,3H2,1-2H3;10*1H4. The molecule has 688 valence electrons. The van der Waals surface area contributed by atoms with Crippen molar-refractivity contribution in [2.75, 3.05) is 7.11 Å². The second-order valence-corrected chi connectivity index (χ2v) is 30.7. The van der Waals surface area contributed by atoms with Crippen LogP contribution in [0.5, 0.6) is 5.75 Å². The normalized spacial score (nSPS) is 9.48. The van der Waals surface area contributed by atoms with E-state index in [1.165, 1.54) is 110 Å². The van der Waals surface area contributed by atoms with Crippen molar-refractivity contribution in [2.24, 2.45) is 0 Å². The molecule has 0 amide bonds. The Balaban J connectivity index is -0.000000142. The fourth-order valence-corrected chi connectivity index (χ4v) is 13.4. The Morgan fingerprint density at radius 1 is 0.303 bits per heavy atom. The molecule has 0 heterocycles. The van der Waals surface area contributed by atoms with Gasteiger partial charge in [-0.3, -0.25) is 20.2 Å². The van der Waals surface area contributed by atoms with Crippen LogP contribution in [0.15, 0.2) is 194 Å². The molecule has 7 nitrogen and oxygen atoms in total. The van der Waals surface area contributed by atoms with Crippen LogP contribution in [0.4, 0.5) is 37.7 Å². The lowest BCUT2D eigenvalue weighted by atomic mass is 10.0. The van der Waals surface area contributed by atoms with Crippen LogP contribution < -0.4 is 4.74 Å². The second kappa shape index (κ2) is 70.1. The fourth-order valence-electron chi connectivity index (χ4n) is 10.3. The lowest BCUT2D eigenvalue weighted by Crippen LogP contribution is -2.08. The smallest absolute Gasteiger partial charge is 0.416 e. The number of methoxy groups -OCH3 is 1. The number of benzene rings is 10. The Morgan fingerprint density at radius 2 is 0.639 bits per heavy atom. The number of nitro benzene ring substituents is 2. The van der Waals surface area contributed by atoms with E-state index in [1.54, 1.807) is 58.2 Å². The van der Waals surface area contributed by atoms with Crippen LogP contribution in [0.25, 0.3) is 0 Å². The van der Waals surface area contributed by atoms with Crippen molar-refractivity contribution in [3.63, 3.8) is 0 Å². The highest BCUT2D eigenvalue weighted by atomic mass is 79.9. The van der Waals surface area contributed by atoms with E-state index in [-0.39, 0.29) is 101 Å². The molecule has 0 aliphatic carbocycles. The minimum Gasteiger partial charge on any atom is -0.496 e. The molecule has 0 fully saturated rings. The number of nitro groups is 2. The van der Waals surface area contributed by atoms with E-state index in [0.717, 1.165) is 94.1 Å². The molecule has 0 saturated heterocycles. The summed E-state index contributed by atoms with van der Waals surface area (Å²) in [6.07, 6.45) is 0.516. The van der Waals surface area contributed by atoms with Crippen LogP contribution in [0.1, 0.15) is 266 Å². The molecule has 0 aliphatic rings. The third-order valence-electron chi connectivity index (χ3n) is 17.7. The summed E-state index contributed by atoms with van der Waals surface area (Å²) in [7, 11) is 1.72. The van der Waals surface area contributed by atoms with Gasteiger partial charge in [-0.2, -0.15) is 26.3 Å². The summed E-state index contributed by atoms with van der Waals surface area (Å²) in [5, 5.41) is 22.8. The highest BCUT2D eigenvalue weighted by Gasteiger charge is 2.33. The van der Waals surface area contributed by atoms with Crippen molar-refractivity contribution < 1.29 is 40.9 Å². The molecule has 0 bridgehead atoms. The number of aryl methyl sites for hydroxylation is 19. The highest BCUT2D eigenvalue weighted by Crippen LogP contribution is 2.35. The molecule has 0 radical (unpaired) electrons. The molecule has 0 N–H and O–H groups in total. The van der Waals surface area contributed by atoms with Gasteiger partial charge in [-0.15, -0.1) is 0 Å². The predicted octanol–water partition coefficient (Wildman–Crippen LogP) is 38.2. The molecule has 0 aliphatic heterocycles. The van der Waals surface area contributed by atoms with Crippen LogP contribution in [-0.2, 0) is 76.6 Å². The summed E-state index contributed by atoms with van der Waals surface area (Å²) in [5.74, 6) is 1.01. The molecule has 10 rings (SSSR count). The van der Waals surface area contributed by atoms with Crippen LogP contribution in [0, 0.1) is 89.5 Å². The van der Waals surface area contributed by atoms with E-state index in [9.17, 15) is 46.6 Å². The molecule has 19 heteroatoms. The van der Waals surface area contributed by atoms with Crippen molar-refractivity contribution in [1.29, 1.82) is 0 Å². The van der Waals surface area contributed by atoms with Gasteiger partial charge in [0.2, 0.25) is 0 Å². The summed E-state index contributed by atoms with van der Waals surface area (Å²) in [4.78, 5) is 20.4. The number of rotatable bonds is 13. The van der Waals surface area contributed by atoms with Crippen LogP contribution in [0.2, 0.25) is 10.0 Å². The summed E-state index contributed by atoms with van der Waals surface area (Å²) >= 11 is 25.8. The van der Waals surface area contributed by atoms with Gasteiger partial charge in [0.1, 0.15) is 5.75 Å². The Kier molecular flexibility index (Phi) is 77.8. The van der Waals surface area contributed by atoms with E-state index in [2.05, 4.69) is 224 Å². The van der Waals surface area contributed by atoms with Crippen LogP contribution in [-0.4, -0.2) is 17.0 Å². The molecular formula is C103H152Br4Cl2F6N2O5. The minimum atomic E-state index is -4.23. The first-order valence-corrected chi connectivity index (χ1v) is 41.4. The zero-order valence-electron chi connectivity index (χ0n) is 68.8. The number of hydrogen-bond acceptors (Lipinski definition) is 5. The molecule has 10 aromatic rings. The van der Waals surface area contributed by atoms with Gasteiger partial charge >= 0.3 is 12.4 Å². The average Bonchev–Trinajstić information content (AvgIpc) is 0.829. The summed E-state index contributed by atoms with van der Waals surface area (Å²) < 4.78 is 84.4. The van der Waals surface area contributed by atoms with Crippen LogP contribution >= 0.6 is 86.9 Å². The zero-order chi connectivity index (χ0) is 85.3. The first kappa shape index (κ1) is 135. The lowest BCUT2D eigenvalue weighted by Gasteiger charge is -2.11. The Hall–Kier alpha value is -7.12. The topological polar surface area (TPSA) is 95.5 Å². The molecule has 122 heavy (non-hydrogen) atoms. The Bertz CT molecular complexity index is 4440. The number of hydrogen-bond donors (Lipinski definition) is 0. The SMILES string of the molecule is C.C.C.C.C.C.C.C.C.C.CCc1cc(Br)c(C)c(Br)c1.CCc1ccc(C)c(Br)c1.CCc1ccc(C)c(C(F)(F)F)c1.CCc1ccc(C)c(Cl)c1.CCc1ccc(C)c([N+](=O)[O-])c1.CCc1ccc(C)cc1Br.CCc1ccc(C)cc1C(F)(F)F.CCc1ccc(C)cc1Cl.CCc1ccc(C)cc1OC.CCc1ccc(C)cc1[N+](=O)[O-]. The monoisotopic (exact) mass is 2000 g/mol. The van der Waals surface area contributed by atoms with Gasteiger partial charge in [-0.1, -0.05) is 345 Å². The highest BCUT2D eigenvalue weighted by molar-refractivity contribution is 9.11. The number of halogens is 12. The van der Waals surface area contributed by atoms with E-state index in [0.29, 0.717) is 30.4 Å². The van der Waals surface area contributed by atoms with Gasteiger partial charge in [0, 0.05) is 51.2 Å².